The molecule has 2 aromatic rings. The quantitative estimate of drug-likeness (QED) is 0.502. The Balaban J connectivity index is 1.34. The summed E-state index contributed by atoms with van der Waals surface area (Å²) in [5.41, 5.74) is 1.72. The van der Waals surface area contributed by atoms with Crippen LogP contribution in [0.3, 0.4) is 0 Å². The first kappa shape index (κ1) is 19.2. The van der Waals surface area contributed by atoms with E-state index in [4.69, 9.17) is 0 Å². The Labute approximate surface area is 161 Å². The average Bonchev–Trinajstić information content (AvgIpc) is 3.52. The second kappa shape index (κ2) is 9.36. The molecule has 0 spiro atoms. The molecule has 4 heteroatoms. The fourth-order valence-corrected chi connectivity index (χ4v) is 3.30. The summed E-state index contributed by atoms with van der Waals surface area (Å²) in [6.07, 6.45) is 4.93. The smallest absolute Gasteiger partial charge is 0.235 e. The van der Waals surface area contributed by atoms with Crippen LogP contribution in [0, 0.1) is 5.41 Å². The first-order chi connectivity index (χ1) is 13.2. The molecular formula is C23H28N2O2. The predicted molar refractivity (Wildman–Crippen MR) is 107 cm³/mol. The number of nitrogens with one attached hydrogen (secondary N) is 2. The third-order valence-electron chi connectivity index (χ3n) is 5.16. The number of carbonyl (C=O) groups excluding carboxylic acids is 2. The topological polar surface area (TPSA) is 58.2 Å². The van der Waals surface area contributed by atoms with Crippen LogP contribution in [0.1, 0.15) is 36.8 Å². The lowest BCUT2D eigenvalue weighted by molar-refractivity contribution is -0.137. The number of aryl methyl sites for hydroxylation is 2. The van der Waals surface area contributed by atoms with Crippen LogP contribution in [0.25, 0.3) is 0 Å². The van der Waals surface area contributed by atoms with E-state index in [1.54, 1.807) is 0 Å². The van der Waals surface area contributed by atoms with Gasteiger partial charge in [-0.1, -0.05) is 60.7 Å². The molecule has 4 nitrogen and oxygen atoms in total. The average molecular weight is 364 g/mol. The molecule has 0 aromatic heterocycles. The summed E-state index contributed by atoms with van der Waals surface area (Å²) in [7, 11) is 0. The van der Waals surface area contributed by atoms with E-state index in [2.05, 4.69) is 34.9 Å². The van der Waals surface area contributed by atoms with Gasteiger partial charge < -0.3 is 10.6 Å². The molecule has 1 fully saturated rings. The molecule has 2 aromatic carbocycles. The van der Waals surface area contributed by atoms with Crippen molar-refractivity contribution in [2.45, 2.75) is 38.5 Å². The predicted octanol–water partition coefficient (Wildman–Crippen LogP) is 3.26. The van der Waals surface area contributed by atoms with Crippen molar-refractivity contribution in [3.63, 3.8) is 0 Å². The van der Waals surface area contributed by atoms with E-state index in [1.807, 2.05) is 36.4 Å². The van der Waals surface area contributed by atoms with Gasteiger partial charge in [-0.15, -0.1) is 0 Å². The summed E-state index contributed by atoms with van der Waals surface area (Å²) >= 11 is 0. The Kier molecular flexibility index (Phi) is 6.64. The fourth-order valence-electron chi connectivity index (χ4n) is 3.30. The molecule has 142 valence electrons. The zero-order chi connectivity index (χ0) is 19.0. The molecule has 3 rings (SSSR count). The van der Waals surface area contributed by atoms with Crippen molar-refractivity contribution in [2.24, 2.45) is 5.41 Å². The van der Waals surface area contributed by atoms with Crippen molar-refractivity contribution in [1.82, 2.24) is 10.6 Å². The molecular weight excluding hydrogens is 336 g/mol. The third-order valence-corrected chi connectivity index (χ3v) is 5.16. The first-order valence-electron chi connectivity index (χ1n) is 9.85. The molecule has 2 N–H and O–H groups in total. The van der Waals surface area contributed by atoms with Crippen molar-refractivity contribution < 1.29 is 9.59 Å². The minimum atomic E-state index is -0.820. The highest BCUT2D eigenvalue weighted by Gasteiger charge is 2.56. The molecule has 1 aliphatic carbocycles. The van der Waals surface area contributed by atoms with Crippen molar-refractivity contribution in [3.05, 3.63) is 71.8 Å². The molecule has 0 heterocycles. The van der Waals surface area contributed by atoms with E-state index in [1.165, 1.54) is 11.1 Å². The van der Waals surface area contributed by atoms with Crippen LogP contribution in [0.4, 0.5) is 0 Å². The van der Waals surface area contributed by atoms with Crippen LogP contribution < -0.4 is 10.6 Å². The highest BCUT2D eigenvalue weighted by atomic mass is 16.2. The van der Waals surface area contributed by atoms with Crippen LogP contribution >= 0.6 is 0 Å². The van der Waals surface area contributed by atoms with Crippen molar-refractivity contribution in [1.29, 1.82) is 0 Å². The van der Waals surface area contributed by atoms with Crippen LogP contribution in [-0.4, -0.2) is 24.9 Å². The second-order valence-corrected chi connectivity index (χ2v) is 7.27. The largest absolute Gasteiger partial charge is 0.355 e. The van der Waals surface area contributed by atoms with Crippen LogP contribution in [0.2, 0.25) is 0 Å². The lowest BCUT2D eigenvalue weighted by Crippen LogP contribution is -2.43. The lowest BCUT2D eigenvalue weighted by Gasteiger charge is -2.15. The molecule has 0 saturated heterocycles. The van der Waals surface area contributed by atoms with Gasteiger partial charge in [-0.3, -0.25) is 9.59 Å². The molecule has 0 aliphatic heterocycles. The maximum Gasteiger partial charge on any atom is 0.235 e. The Bertz CT molecular complexity index is 678. The SMILES string of the molecule is O=C(NCCCc1ccccc1)C1(C(=O)NCCCc2ccccc2)CC1. The van der Waals surface area contributed by atoms with Gasteiger partial charge in [-0.25, -0.2) is 0 Å². The summed E-state index contributed by atoms with van der Waals surface area (Å²) in [4.78, 5) is 24.9. The van der Waals surface area contributed by atoms with E-state index in [9.17, 15) is 9.59 Å². The Morgan fingerprint density at radius 2 is 1.11 bits per heavy atom. The molecule has 0 unspecified atom stereocenters. The van der Waals surface area contributed by atoms with Crippen LogP contribution in [-0.2, 0) is 22.4 Å². The van der Waals surface area contributed by atoms with E-state index >= 15 is 0 Å². The van der Waals surface area contributed by atoms with Gasteiger partial charge in [0.1, 0.15) is 5.41 Å². The molecule has 1 aliphatic rings. The van der Waals surface area contributed by atoms with Crippen molar-refractivity contribution >= 4 is 11.8 Å². The van der Waals surface area contributed by atoms with Gasteiger partial charge in [-0.2, -0.15) is 0 Å². The van der Waals surface area contributed by atoms with E-state index in [-0.39, 0.29) is 11.8 Å². The molecule has 0 bridgehead atoms. The third kappa shape index (κ3) is 5.43. The fraction of sp³-hybridized carbons (Fsp3) is 0.391. The number of benzene rings is 2. The summed E-state index contributed by atoms with van der Waals surface area (Å²) < 4.78 is 0. The summed E-state index contributed by atoms with van der Waals surface area (Å²) in [6, 6.07) is 20.5. The van der Waals surface area contributed by atoms with Gasteiger partial charge in [-0.05, 0) is 49.7 Å². The standard InChI is InChI=1S/C23H28N2O2/c26-21(24-17-7-13-19-9-3-1-4-10-19)23(15-16-23)22(27)25-18-8-14-20-11-5-2-6-12-20/h1-6,9-12H,7-8,13-18H2,(H,24,26)(H,25,27). The van der Waals surface area contributed by atoms with E-state index < -0.39 is 5.41 Å². The monoisotopic (exact) mass is 364 g/mol. The number of rotatable bonds is 10. The van der Waals surface area contributed by atoms with E-state index in [0.717, 1.165) is 25.7 Å². The number of hydrogen-bond acceptors (Lipinski definition) is 2. The number of carbonyl (C=O) groups is 2. The maximum atomic E-state index is 12.5. The highest BCUT2D eigenvalue weighted by molar-refractivity contribution is 6.07. The maximum absolute atomic E-state index is 12.5. The Morgan fingerprint density at radius 1 is 0.704 bits per heavy atom. The van der Waals surface area contributed by atoms with Crippen LogP contribution in [0.5, 0.6) is 0 Å². The van der Waals surface area contributed by atoms with E-state index in [0.29, 0.717) is 25.9 Å². The minimum Gasteiger partial charge on any atom is -0.355 e. The summed E-state index contributed by atoms with van der Waals surface area (Å²) in [5.74, 6) is -0.229. The second-order valence-electron chi connectivity index (χ2n) is 7.27. The normalized spacial score (nSPS) is 14.4. The number of hydrogen-bond donors (Lipinski definition) is 2. The Morgan fingerprint density at radius 3 is 1.48 bits per heavy atom. The minimum absolute atomic E-state index is 0.115. The van der Waals surface area contributed by atoms with Gasteiger partial charge in [0.25, 0.3) is 0 Å². The highest BCUT2D eigenvalue weighted by Crippen LogP contribution is 2.46. The zero-order valence-corrected chi connectivity index (χ0v) is 15.7. The van der Waals surface area contributed by atoms with Gasteiger partial charge in [0, 0.05) is 13.1 Å². The molecule has 2 amide bonds. The van der Waals surface area contributed by atoms with Gasteiger partial charge in [0.2, 0.25) is 11.8 Å². The van der Waals surface area contributed by atoms with Crippen LogP contribution in [0.15, 0.2) is 60.7 Å². The van der Waals surface area contributed by atoms with Gasteiger partial charge >= 0.3 is 0 Å². The molecule has 0 radical (unpaired) electrons. The van der Waals surface area contributed by atoms with Gasteiger partial charge in [0.05, 0.1) is 0 Å². The molecule has 1 saturated carbocycles. The summed E-state index contributed by atoms with van der Waals surface area (Å²) in [5, 5.41) is 5.91. The number of amides is 2. The lowest BCUT2D eigenvalue weighted by atomic mass is 10.0. The zero-order valence-electron chi connectivity index (χ0n) is 15.7. The van der Waals surface area contributed by atoms with Crippen molar-refractivity contribution in [2.75, 3.05) is 13.1 Å². The van der Waals surface area contributed by atoms with Crippen molar-refractivity contribution in [3.8, 4) is 0 Å². The molecule has 0 atom stereocenters. The first-order valence-corrected chi connectivity index (χ1v) is 9.85. The molecule has 27 heavy (non-hydrogen) atoms. The van der Waals surface area contributed by atoms with Gasteiger partial charge in [0.15, 0.2) is 0 Å². The summed E-state index contributed by atoms with van der Waals surface area (Å²) in [6.45, 7) is 1.22. The Hall–Kier alpha value is -2.62.